The van der Waals surface area contributed by atoms with E-state index in [9.17, 15) is 14.4 Å². The molecule has 242 valence electrons. The molecule has 2 heterocycles. The van der Waals surface area contributed by atoms with Gasteiger partial charge in [0.25, 0.3) is 5.91 Å². The summed E-state index contributed by atoms with van der Waals surface area (Å²) in [6.45, 7) is 14.5. The van der Waals surface area contributed by atoms with Gasteiger partial charge in [-0.2, -0.15) is 15.2 Å². The number of carbonyl (C=O) groups is 1. The van der Waals surface area contributed by atoms with Crippen LogP contribution in [0.1, 0.15) is 62.5 Å². The van der Waals surface area contributed by atoms with E-state index in [0.717, 1.165) is 47.5 Å². The number of aromatic nitrogens is 2. The zero-order valence-electron chi connectivity index (χ0n) is 26.2. The molecule has 0 N–H and O–H groups in total. The second-order valence-corrected chi connectivity index (χ2v) is 11.5. The molecule has 1 fully saturated rings. The predicted molar refractivity (Wildman–Crippen MR) is 176 cm³/mol. The summed E-state index contributed by atoms with van der Waals surface area (Å²) in [6, 6.07) is 9.44. The number of amides is 1. The van der Waals surface area contributed by atoms with E-state index in [0.29, 0.717) is 18.9 Å². The van der Waals surface area contributed by atoms with Crippen LogP contribution in [0, 0.1) is 25.3 Å². The van der Waals surface area contributed by atoms with Crippen molar-refractivity contribution in [1.29, 1.82) is 5.26 Å². The minimum atomic E-state index is -1.03. The Kier molecular flexibility index (Phi) is 18.2. The number of rotatable bonds is 13. The summed E-state index contributed by atoms with van der Waals surface area (Å²) in [5.74, 6) is -1.11. The molecule has 2 aromatic rings. The van der Waals surface area contributed by atoms with Crippen LogP contribution in [0.15, 0.2) is 36.7 Å². The molecule has 0 radical (unpaired) electrons. The van der Waals surface area contributed by atoms with Gasteiger partial charge in [0, 0.05) is 35.9 Å². The molecule has 1 saturated heterocycles. The van der Waals surface area contributed by atoms with E-state index < -0.39 is 17.8 Å². The van der Waals surface area contributed by atoms with Gasteiger partial charge in [0.2, 0.25) is 0 Å². The van der Waals surface area contributed by atoms with Crippen LogP contribution in [0.2, 0.25) is 5.02 Å². The maximum absolute atomic E-state index is 13.8. The summed E-state index contributed by atoms with van der Waals surface area (Å²) in [7, 11) is 8.61. The Morgan fingerprint density at radius 3 is 2.59 bits per heavy atom. The number of anilines is 1. The van der Waals surface area contributed by atoms with Crippen molar-refractivity contribution in [2.24, 2.45) is 0 Å². The van der Waals surface area contributed by atoms with Crippen LogP contribution in [0.4, 0.5) is 10.2 Å². The Balaban J connectivity index is 0.00000316. The number of aryl methyl sites for hydroxylation is 1. The first-order valence-electron chi connectivity index (χ1n) is 14.7. The summed E-state index contributed by atoms with van der Waals surface area (Å²) in [6.07, 6.45) is 3.19. The average molecular weight is 821 g/mol. The molecular formula is C32H45ClFN6O2OsP. The molecule has 0 aliphatic carbocycles. The van der Waals surface area contributed by atoms with Gasteiger partial charge in [0.1, 0.15) is 5.82 Å². The van der Waals surface area contributed by atoms with Gasteiger partial charge in [-0.05, 0) is 37.9 Å². The molecule has 0 bridgehead atoms. The maximum atomic E-state index is 13.8. The minimum Gasteiger partial charge on any atom is -0.482 e. The van der Waals surface area contributed by atoms with Gasteiger partial charge in [-0.25, -0.2) is 4.39 Å². The third-order valence-electron chi connectivity index (χ3n) is 7.16. The van der Waals surface area contributed by atoms with E-state index >= 15 is 0 Å². The van der Waals surface area contributed by atoms with Crippen molar-refractivity contribution in [3.8, 4) is 12.1 Å². The molecule has 12 heteroatoms. The second kappa shape index (κ2) is 20.1. The Morgan fingerprint density at radius 2 is 2.00 bits per heavy atom. The fraction of sp³-hybridized carbons (Fsp3) is 0.500. The number of ether oxygens (including phenoxy) is 1. The molecule has 1 aromatic heterocycles. The smallest absolute Gasteiger partial charge is 0.482 e. The Morgan fingerprint density at radius 1 is 1.32 bits per heavy atom. The number of piperazine rings is 1. The number of nitrogens with zero attached hydrogens (tertiary/aromatic N) is 6. The normalized spacial score (nSPS) is 15.8. The molecule has 8 nitrogen and oxygen atoms in total. The van der Waals surface area contributed by atoms with Crippen molar-refractivity contribution in [2.75, 3.05) is 38.2 Å². The van der Waals surface area contributed by atoms with Gasteiger partial charge in [-0.3, -0.25) is 11.8 Å². The van der Waals surface area contributed by atoms with Gasteiger partial charge in [0.05, 0.1) is 30.8 Å². The standard InChI is InChI=1S/C30H39ClFN6O2P.C2H6.Os/c1-6-9-24-27(26(41)13-12-22-10-7-8-11-25(22)31)34-30(40-19-20(2)36(4)5)35-28(24)37-16-17-38(29(39)21(3)32)23(18-37)14-15-33;1-2;/h7-8,10-11,20,23,26H,2-4,6,9,12-14,16-19,41H2,1,5H3;1-2H3;/q-2;;+2. The van der Waals surface area contributed by atoms with E-state index in [-0.39, 0.29) is 57.1 Å². The third kappa shape index (κ3) is 11.0. The van der Waals surface area contributed by atoms with Gasteiger partial charge >= 0.3 is 25.8 Å². The molecule has 1 aromatic carbocycles. The van der Waals surface area contributed by atoms with Crippen molar-refractivity contribution >= 4 is 32.6 Å². The van der Waals surface area contributed by atoms with Crippen molar-refractivity contribution in [3.63, 3.8) is 0 Å². The molecule has 0 saturated carbocycles. The molecule has 1 aliphatic rings. The molecule has 4 atom stereocenters. The monoisotopic (exact) mass is 822 g/mol. The van der Waals surface area contributed by atoms with Crippen molar-refractivity contribution < 1.29 is 33.7 Å². The minimum absolute atomic E-state index is 0. The van der Waals surface area contributed by atoms with Gasteiger partial charge in [0.15, 0.2) is 5.83 Å². The van der Waals surface area contributed by atoms with Crippen LogP contribution >= 0.6 is 20.8 Å². The summed E-state index contributed by atoms with van der Waals surface area (Å²) in [5.41, 5.74) is 2.90. The van der Waals surface area contributed by atoms with Crippen LogP contribution < -0.4 is 9.64 Å². The fourth-order valence-electron chi connectivity index (χ4n) is 4.79. The van der Waals surface area contributed by atoms with Crippen LogP contribution in [0.25, 0.3) is 0 Å². The number of hydrogen-bond donors (Lipinski definition) is 0. The molecule has 0 spiro atoms. The number of hydrogen-bond acceptors (Lipinski definition) is 7. The summed E-state index contributed by atoms with van der Waals surface area (Å²) >= 11 is 6.42. The molecule has 3 rings (SSSR count). The number of nitriles is 1. The quantitative estimate of drug-likeness (QED) is 0.132. The zero-order chi connectivity index (χ0) is 32.1. The van der Waals surface area contributed by atoms with Gasteiger partial charge in [-0.15, -0.1) is 15.3 Å². The van der Waals surface area contributed by atoms with Crippen LogP contribution in [-0.4, -0.2) is 71.0 Å². The predicted octanol–water partition coefficient (Wildman–Crippen LogP) is 6.37. The molecule has 1 aliphatic heterocycles. The molecule has 1 amide bonds. The van der Waals surface area contributed by atoms with Crippen LogP contribution in [-0.2, 0) is 37.4 Å². The maximum Gasteiger partial charge on any atom is 2.00 e. The van der Waals surface area contributed by atoms with E-state index in [1.807, 2.05) is 45.2 Å². The first-order chi connectivity index (χ1) is 20.6. The molecular weight excluding hydrogens is 776 g/mol. The van der Waals surface area contributed by atoms with E-state index in [4.69, 9.17) is 26.3 Å². The summed E-state index contributed by atoms with van der Waals surface area (Å²) < 4.78 is 19.8. The van der Waals surface area contributed by atoms with Gasteiger partial charge < -0.3 is 26.4 Å². The van der Waals surface area contributed by atoms with E-state index in [2.05, 4.69) is 47.7 Å². The summed E-state index contributed by atoms with van der Waals surface area (Å²) in [4.78, 5) is 27.3. The number of halogens is 2. The average Bonchev–Trinajstić information content (AvgIpc) is 3.00. The SMILES string of the molecule is C=C(F)C(=O)N1CCN(c2nc(OCC([CH2-])N([CH2-])C)nc(C(P)CCc3ccccc3Cl)c2CCC)CC1CC#N.CC.[Os+2]. The van der Waals surface area contributed by atoms with Crippen molar-refractivity contribution in [1.82, 2.24) is 19.8 Å². The zero-order valence-corrected chi connectivity index (χ0v) is 30.7. The Bertz CT molecular complexity index is 1260. The van der Waals surface area contributed by atoms with Crippen LogP contribution in [0.3, 0.4) is 0 Å². The van der Waals surface area contributed by atoms with Gasteiger partial charge in [-0.1, -0.05) is 63.6 Å². The Labute approximate surface area is 283 Å². The topological polar surface area (TPSA) is 85.6 Å². The van der Waals surface area contributed by atoms with E-state index in [1.54, 1.807) is 4.90 Å². The second-order valence-electron chi connectivity index (χ2n) is 10.3. The van der Waals surface area contributed by atoms with Crippen molar-refractivity contribution in [2.45, 2.75) is 70.6 Å². The van der Waals surface area contributed by atoms with Crippen LogP contribution in [0.5, 0.6) is 6.01 Å². The first-order valence-corrected chi connectivity index (χ1v) is 15.8. The largest absolute Gasteiger partial charge is 2.00 e. The summed E-state index contributed by atoms with van der Waals surface area (Å²) in [5, 5.41) is 10.2. The van der Waals surface area contributed by atoms with Crippen molar-refractivity contribution in [3.05, 3.63) is 72.5 Å². The van der Waals surface area contributed by atoms with E-state index in [1.165, 1.54) is 4.90 Å². The fourth-order valence-corrected chi connectivity index (χ4v) is 5.46. The number of benzene rings is 1. The third-order valence-corrected chi connectivity index (χ3v) is 8.18. The number of carbonyl (C=O) groups excluding carboxylic acids is 1. The Hall–Kier alpha value is -2.15. The first kappa shape index (κ1) is 39.9. The molecule has 4 unspecified atom stereocenters. The molecule has 44 heavy (non-hydrogen) atoms. The number of likely N-dealkylation sites (N-methyl/N-ethyl adjacent to an activating group) is 1.